The molecule has 0 N–H and O–H groups in total. The highest BCUT2D eigenvalue weighted by Crippen LogP contribution is 2.48. The maximum absolute atomic E-state index is 12.2. The molecule has 31 heavy (non-hydrogen) atoms. The van der Waals surface area contributed by atoms with Crippen LogP contribution in [0.15, 0.2) is 35.0 Å². The van der Waals surface area contributed by atoms with Crippen molar-refractivity contribution in [2.24, 2.45) is 5.41 Å². The van der Waals surface area contributed by atoms with E-state index in [-0.39, 0.29) is 24.5 Å². The molecule has 3 aromatic heterocycles. The number of benzene rings is 1. The SMILES string of the molecule is N#CC1(CC(=O)Cc2nnc(Cc3nc4ccc(-c5ncccn5)c(Cl)c4s3)o2)CC1. The first-order valence-corrected chi connectivity index (χ1v) is 10.8. The predicted molar refractivity (Wildman–Crippen MR) is 113 cm³/mol. The number of hydrogen-bond acceptors (Lipinski definition) is 9. The van der Waals surface area contributed by atoms with E-state index >= 15 is 0 Å². The Balaban J connectivity index is 1.31. The monoisotopic (exact) mass is 450 g/mol. The number of nitrogens with zero attached hydrogens (tertiary/aromatic N) is 6. The van der Waals surface area contributed by atoms with Crippen LogP contribution in [0, 0.1) is 16.7 Å². The van der Waals surface area contributed by atoms with Crippen LogP contribution in [0.3, 0.4) is 0 Å². The minimum atomic E-state index is -0.468. The van der Waals surface area contributed by atoms with E-state index in [0.29, 0.717) is 23.2 Å². The minimum absolute atomic E-state index is 0.0442. The van der Waals surface area contributed by atoms with Crippen LogP contribution in [-0.2, 0) is 17.6 Å². The summed E-state index contributed by atoms with van der Waals surface area (Å²) in [6.45, 7) is 0. The summed E-state index contributed by atoms with van der Waals surface area (Å²) in [6.07, 6.45) is 5.53. The maximum Gasteiger partial charge on any atom is 0.223 e. The Hall–Kier alpha value is -3.22. The van der Waals surface area contributed by atoms with Crippen molar-refractivity contribution in [1.29, 1.82) is 5.26 Å². The molecule has 1 saturated carbocycles. The number of nitriles is 1. The number of aromatic nitrogens is 5. The molecule has 0 radical (unpaired) electrons. The zero-order valence-electron chi connectivity index (χ0n) is 16.2. The van der Waals surface area contributed by atoms with Gasteiger partial charge in [-0.25, -0.2) is 15.0 Å². The Kier molecular flexibility index (Phi) is 4.96. The zero-order valence-corrected chi connectivity index (χ0v) is 17.8. The Morgan fingerprint density at radius 3 is 2.74 bits per heavy atom. The average Bonchev–Trinajstić information content (AvgIpc) is 3.20. The lowest BCUT2D eigenvalue weighted by Crippen LogP contribution is -2.10. The van der Waals surface area contributed by atoms with E-state index in [0.717, 1.165) is 33.6 Å². The van der Waals surface area contributed by atoms with Gasteiger partial charge in [0, 0.05) is 24.4 Å². The first-order chi connectivity index (χ1) is 15.0. The van der Waals surface area contributed by atoms with Gasteiger partial charge in [-0.3, -0.25) is 4.79 Å². The highest BCUT2D eigenvalue weighted by atomic mass is 35.5. The van der Waals surface area contributed by atoms with Gasteiger partial charge in [0.05, 0.1) is 39.6 Å². The molecule has 4 aromatic rings. The van der Waals surface area contributed by atoms with Gasteiger partial charge < -0.3 is 4.42 Å². The largest absolute Gasteiger partial charge is 0.424 e. The van der Waals surface area contributed by atoms with E-state index in [9.17, 15) is 4.79 Å². The highest BCUT2D eigenvalue weighted by molar-refractivity contribution is 7.19. The fraction of sp³-hybridized carbons (Fsp3) is 0.286. The van der Waals surface area contributed by atoms with Crippen molar-refractivity contribution in [1.82, 2.24) is 25.1 Å². The molecule has 0 aliphatic heterocycles. The number of rotatable bonds is 7. The van der Waals surface area contributed by atoms with Crippen LogP contribution in [0.5, 0.6) is 0 Å². The molecule has 10 heteroatoms. The summed E-state index contributed by atoms with van der Waals surface area (Å²) in [5, 5.41) is 18.4. The maximum atomic E-state index is 12.2. The Bertz CT molecular complexity index is 1320. The number of Topliss-reactive ketones (excluding diaryl/α,β-unsaturated/α-hetero) is 1. The van der Waals surface area contributed by atoms with Crippen molar-refractivity contribution in [3.8, 4) is 17.5 Å². The quantitative estimate of drug-likeness (QED) is 0.411. The van der Waals surface area contributed by atoms with E-state index < -0.39 is 5.41 Å². The first kappa shape index (κ1) is 19.7. The summed E-state index contributed by atoms with van der Waals surface area (Å²) < 4.78 is 6.47. The summed E-state index contributed by atoms with van der Waals surface area (Å²) in [6, 6.07) is 7.71. The van der Waals surface area contributed by atoms with E-state index in [1.54, 1.807) is 18.5 Å². The summed E-state index contributed by atoms with van der Waals surface area (Å²) >= 11 is 8.04. The number of fused-ring (bicyclic) bond motifs is 1. The summed E-state index contributed by atoms with van der Waals surface area (Å²) in [7, 11) is 0. The number of hydrogen-bond donors (Lipinski definition) is 0. The lowest BCUT2D eigenvalue weighted by molar-refractivity contribution is -0.119. The molecular weight excluding hydrogens is 436 g/mol. The first-order valence-electron chi connectivity index (χ1n) is 9.65. The molecular formula is C21H15ClN6O2S. The fourth-order valence-corrected chi connectivity index (χ4v) is 4.69. The topological polar surface area (TPSA) is 118 Å². The van der Waals surface area contributed by atoms with Crippen molar-refractivity contribution in [2.75, 3.05) is 0 Å². The van der Waals surface area contributed by atoms with Gasteiger partial charge in [0.1, 0.15) is 10.8 Å². The molecule has 0 unspecified atom stereocenters. The number of ketones is 1. The van der Waals surface area contributed by atoms with Crippen LogP contribution in [0.25, 0.3) is 21.6 Å². The fourth-order valence-electron chi connectivity index (χ4n) is 3.34. The van der Waals surface area contributed by atoms with Crippen LogP contribution in [0.2, 0.25) is 5.02 Å². The molecule has 0 spiro atoms. The average molecular weight is 451 g/mol. The van der Waals surface area contributed by atoms with Gasteiger partial charge in [-0.05, 0) is 31.0 Å². The van der Waals surface area contributed by atoms with E-state index in [1.165, 1.54) is 11.3 Å². The van der Waals surface area contributed by atoms with E-state index in [4.69, 9.17) is 21.3 Å². The normalized spacial score (nSPS) is 14.5. The zero-order chi connectivity index (χ0) is 21.4. The molecule has 5 rings (SSSR count). The van der Waals surface area contributed by atoms with Crippen molar-refractivity contribution >= 4 is 38.9 Å². The highest BCUT2D eigenvalue weighted by Gasteiger charge is 2.44. The van der Waals surface area contributed by atoms with Crippen LogP contribution < -0.4 is 0 Å². The molecule has 0 amide bonds. The van der Waals surface area contributed by atoms with Gasteiger partial charge in [-0.2, -0.15) is 5.26 Å². The van der Waals surface area contributed by atoms with Gasteiger partial charge in [-0.1, -0.05) is 11.6 Å². The van der Waals surface area contributed by atoms with Crippen molar-refractivity contribution in [3.05, 3.63) is 52.4 Å². The molecule has 1 fully saturated rings. The second-order valence-corrected chi connectivity index (χ2v) is 8.97. The standard InChI is InChI=1S/C21H15ClN6O2S/c22-18-13(20-24-6-1-7-25-20)2-3-14-19(18)31-17(26-14)9-16-28-27-15(30-16)8-12(29)10-21(11-23)4-5-21/h1-3,6-7H,4-5,8-10H2. The van der Waals surface area contributed by atoms with Crippen molar-refractivity contribution < 1.29 is 9.21 Å². The Morgan fingerprint density at radius 2 is 2.00 bits per heavy atom. The van der Waals surface area contributed by atoms with E-state index in [1.807, 2.05) is 12.1 Å². The van der Waals surface area contributed by atoms with Crippen LogP contribution in [0.4, 0.5) is 0 Å². The number of thiazole rings is 1. The van der Waals surface area contributed by atoms with Crippen molar-refractivity contribution in [3.63, 3.8) is 0 Å². The molecule has 0 saturated heterocycles. The third-order valence-corrected chi connectivity index (χ3v) is 6.73. The van der Waals surface area contributed by atoms with Crippen LogP contribution in [0.1, 0.15) is 36.1 Å². The molecule has 0 bridgehead atoms. The van der Waals surface area contributed by atoms with Gasteiger partial charge in [-0.15, -0.1) is 21.5 Å². The molecule has 8 nitrogen and oxygen atoms in total. The minimum Gasteiger partial charge on any atom is -0.424 e. The van der Waals surface area contributed by atoms with Gasteiger partial charge in [0.15, 0.2) is 5.82 Å². The van der Waals surface area contributed by atoms with Crippen LogP contribution in [-0.4, -0.2) is 30.9 Å². The number of halogens is 1. The lowest BCUT2D eigenvalue weighted by Gasteiger charge is -2.02. The molecule has 0 atom stereocenters. The molecule has 3 heterocycles. The second-order valence-electron chi connectivity index (χ2n) is 7.51. The summed E-state index contributed by atoms with van der Waals surface area (Å²) in [4.78, 5) is 25.3. The van der Waals surface area contributed by atoms with Crippen LogP contribution >= 0.6 is 22.9 Å². The number of carbonyl (C=O) groups excluding carboxylic acids is 1. The second kappa shape index (κ2) is 7.80. The molecule has 1 aliphatic rings. The third-order valence-electron chi connectivity index (χ3n) is 5.13. The van der Waals surface area contributed by atoms with Gasteiger partial charge in [0.2, 0.25) is 11.8 Å². The third kappa shape index (κ3) is 4.04. The number of carbonyl (C=O) groups is 1. The van der Waals surface area contributed by atoms with Crippen molar-refractivity contribution in [2.45, 2.75) is 32.1 Å². The predicted octanol–water partition coefficient (Wildman–Crippen LogP) is 4.19. The molecule has 1 aromatic carbocycles. The lowest BCUT2D eigenvalue weighted by atomic mass is 10.00. The molecule has 1 aliphatic carbocycles. The summed E-state index contributed by atoms with van der Waals surface area (Å²) in [5.41, 5.74) is 1.05. The van der Waals surface area contributed by atoms with Gasteiger partial charge in [0.25, 0.3) is 0 Å². The summed E-state index contributed by atoms with van der Waals surface area (Å²) in [5.74, 6) is 1.14. The van der Waals surface area contributed by atoms with E-state index in [2.05, 4.69) is 31.2 Å². The Morgan fingerprint density at radius 1 is 1.23 bits per heavy atom. The smallest absolute Gasteiger partial charge is 0.223 e. The molecule has 154 valence electrons. The Labute approximate surface area is 185 Å². The van der Waals surface area contributed by atoms with Gasteiger partial charge >= 0.3 is 0 Å².